The highest BCUT2D eigenvalue weighted by Gasteiger charge is 2.28. The van der Waals surface area contributed by atoms with Crippen molar-refractivity contribution in [1.29, 1.82) is 0 Å². The topological polar surface area (TPSA) is 92.5 Å². The monoisotopic (exact) mass is 325 g/mol. The van der Waals surface area contributed by atoms with E-state index in [2.05, 4.69) is 5.32 Å². The first kappa shape index (κ1) is 16.4. The van der Waals surface area contributed by atoms with Crippen molar-refractivity contribution in [3.05, 3.63) is 27.1 Å². The molecule has 8 heteroatoms. The van der Waals surface area contributed by atoms with Crippen LogP contribution >= 0.6 is 11.3 Å². The first-order valence-electron chi connectivity index (χ1n) is 7.25. The Morgan fingerprint density at radius 2 is 2.18 bits per heavy atom. The van der Waals surface area contributed by atoms with Gasteiger partial charge in [-0.1, -0.05) is 11.3 Å². The highest BCUT2D eigenvalue weighted by molar-refractivity contribution is 7.17. The molecule has 1 saturated heterocycles. The van der Waals surface area contributed by atoms with E-state index in [0.717, 1.165) is 30.6 Å². The minimum absolute atomic E-state index is 0.0891. The van der Waals surface area contributed by atoms with Crippen molar-refractivity contribution in [2.45, 2.75) is 45.2 Å². The number of amides is 2. The van der Waals surface area contributed by atoms with Gasteiger partial charge >= 0.3 is 5.00 Å². The van der Waals surface area contributed by atoms with E-state index in [1.54, 1.807) is 11.8 Å². The van der Waals surface area contributed by atoms with Gasteiger partial charge in [0.2, 0.25) is 5.91 Å². The van der Waals surface area contributed by atoms with Crippen molar-refractivity contribution in [1.82, 2.24) is 10.2 Å². The van der Waals surface area contributed by atoms with E-state index < -0.39 is 16.9 Å². The van der Waals surface area contributed by atoms with Crippen molar-refractivity contribution in [2.24, 2.45) is 0 Å². The lowest BCUT2D eigenvalue weighted by molar-refractivity contribution is -0.380. The summed E-state index contributed by atoms with van der Waals surface area (Å²) in [7, 11) is 0. The van der Waals surface area contributed by atoms with Gasteiger partial charge in [0.15, 0.2) is 0 Å². The number of carbonyl (C=O) groups excluding carboxylic acids is 2. The van der Waals surface area contributed by atoms with Gasteiger partial charge in [-0.05, 0) is 39.2 Å². The number of nitrogens with one attached hydrogen (secondary N) is 1. The number of hydrogen-bond acceptors (Lipinski definition) is 5. The van der Waals surface area contributed by atoms with Crippen LogP contribution in [0.3, 0.4) is 0 Å². The molecule has 1 aromatic heterocycles. The summed E-state index contributed by atoms with van der Waals surface area (Å²) in [4.78, 5) is 36.6. The summed E-state index contributed by atoms with van der Waals surface area (Å²) in [5.41, 5.74) is 0. The second-order valence-electron chi connectivity index (χ2n) is 5.47. The Morgan fingerprint density at radius 3 is 2.77 bits per heavy atom. The molecule has 1 N–H and O–H groups in total. The third-order valence-corrected chi connectivity index (χ3v) is 4.84. The fraction of sp³-hybridized carbons (Fsp3) is 0.571. The molecule has 2 atom stereocenters. The molecule has 0 saturated carbocycles. The number of nitrogens with zero attached hydrogens (tertiary/aromatic N) is 2. The van der Waals surface area contributed by atoms with Crippen LogP contribution in [0.15, 0.2) is 12.1 Å². The lowest BCUT2D eigenvalue weighted by Gasteiger charge is -2.35. The maximum Gasteiger partial charge on any atom is 0.324 e. The molecule has 2 amide bonds. The summed E-state index contributed by atoms with van der Waals surface area (Å²) in [6.07, 6.45) is 3.07. The first-order valence-corrected chi connectivity index (χ1v) is 8.07. The number of rotatable bonds is 4. The van der Waals surface area contributed by atoms with E-state index in [1.807, 2.05) is 6.92 Å². The maximum atomic E-state index is 12.4. The zero-order valence-electron chi connectivity index (χ0n) is 12.6. The van der Waals surface area contributed by atoms with Crippen molar-refractivity contribution in [3.63, 3.8) is 0 Å². The Kier molecular flexibility index (Phi) is 5.12. The molecule has 0 unspecified atom stereocenters. The quantitative estimate of drug-likeness (QED) is 0.678. The van der Waals surface area contributed by atoms with Crippen LogP contribution in [0.5, 0.6) is 0 Å². The fourth-order valence-corrected chi connectivity index (χ4v) is 3.28. The molecule has 2 rings (SSSR count). The fourth-order valence-electron chi connectivity index (χ4n) is 2.55. The molecule has 0 bridgehead atoms. The molecule has 120 valence electrons. The van der Waals surface area contributed by atoms with E-state index >= 15 is 0 Å². The molecular weight excluding hydrogens is 306 g/mol. The Hall–Kier alpha value is -1.96. The summed E-state index contributed by atoms with van der Waals surface area (Å²) in [6, 6.07) is 2.23. The van der Waals surface area contributed by atoms with Gasteiger partial charge in [0.25, 0.3) is 5.91 Å². The molecule has 1 aliphatic rings. The third-order valence-electron chi connectivity index (χ3n) is 3.80. The number of piperidine rings is 1. The van der Waals surface area contributed by atoms with Gasteiger partial charge in [-0.3, -0.25) is 19.7 Å². The SMILES string of the molecule is C[C@H](NC(=O)c1ccc([N+](=O)[O-])s1)C(=O)N1CCCC[C@@H]1C. The second kappa shape index (κ2) is 6.87. The smallest absolute Gasteiger partial charge is 0.324 e. The maximum absolute atomic E-state index is 12.4. The number of thiophene rings is 1. The standard InChI is InChI=1S/C14H19N3O4S/c1-9-5-3-4-8-16(9)14(19)10(2)15-13(18)11-6-7-12(22-11)17(20)21/h6-7,9-10H,3-5,8H2,1-2H3,(H,15,18)/t9-,10-/m0/s1. The Morgan fingerprint density at radius 1 is 1.45 bits per heavy atom. The summed E-state index contributed by atoms with van der Waals surface area (Å²) in [5.74, 6) is -0.560. The zero-order valence-corrected chi connectivity index (χ0v) is 13.4. The largest absolute Gasteiger partial charge is 0.340 e. The summed E-state index contributed by atoms with van der Waals surface area (Å²) in [6.45, 7) is 4.36. The molecule has 0 aromatic carbocycles. The second-order valence-corrected chi connectivity index (χ2v) is 6.53. The van der Waals surface area contributed by atoms with Crippen LogP contribution in [-0.2, 0) is 4.79 Å². The normalized spacial score (nSPS) is 19.5. The first-order chi connectivity index (χ1) is 10.4. The summed E-state index contributed by atoms with van der Waals surface area (Å²) >= 11 is 0.803. The molecule has 7 nitrogen and oxygen atoms in total. The molecule has 0 radical (unpaired) electrons. The minimum Gasteiger partial charge on any atom is -0.340 e. The van der Waals surface area contributed by atoms with Crippen LogP contribution < -0.4 is 5.32 Å². The predicted octanol–water partition coefficient (Wildman–Crippen LogP) is 2.18. The van der Waals surface area contributed by atoms with Gasteiger partial charge in [-0.25, -0.2) is 0 Å². The molecule has 0 aliphatic carbocycles. The number of nitro groups is 1. The molecule has 0 spiro atoms. The van der Waals surface area contributed by atoms with Gasteiger partial charge in [0.1, 0.15) is 6.04 Å². The van der Waals surface area contributed by atoms with E-state index in [4.69, 9.17) is 0 Å². The van der Waals surface area contributed by atoms with E-state index in [-0.39, 0.29) is 21.8 Å². The van der Waals surface area contributed by atoms with Gasteiger partial charge in [0.05, 0.1) is 9.80 Å². The van der Waals surface area contributed by atoms with Gasteiger partial charge in [-0.2, -0.15) is 0 Å². The van der Waals surface area contributed by atoms with Gasteiger partial charge in [0, 0.05) is 18.7 Å². The van der Waals surface area contributed by atoms with Crippen molar-refractivity contribution >= 4 is 28.2 Å². The van der Waals surface area contributed by atoms with Gasteiger partial charge in [-0.15, -0.1) is 0 Å². The highest BCUT2D eigenvalue weighted by atomic mass is 32.1. The number of hydrogen-bond donors (Lipinski definition) is 1. The van der Waals surface area contributed by atoms with Crippen LogP contribution in [0.4, 0.5) is 5.00 Å². The molecular formula is C14H19N3O4S. The van der Waals surface area contributed by atoms with Crippen LogP contribution in [0.2, 0.25) is 0 Å². The van der Waals surface area contributed by atoms with Crippen LogP contribution in [0, 0.1) is 10.1 Å². The summed E-state index contributed by atoms with van der Waals surface area (Å²) in [5, 5.41) is 13.2. The average Bonchev–Trinajstić information content (AvgIpc) is 2.97. The van der Waals surface area contributed by atoms with Crippen molar-refractivity contribution in [3.8, 4) is 0 Å². The Bertz CT molecular complexity index is 586. The molecule has 22 heavy (non-hydrogen) atoms. The average molecular weight is 325 g/mol. The van der Waals surface area contributed by atoms with Crippen LogP contribution in [0.25, 0.3) is 0 Å². The van der Waals surface area contributed by atoms with Crippen molar-refractivity contribution < 1.29 is 14.5 Å². The molecule has 2 heterocycles. The number of likely N-dealkylation sites (tertiary alicyclic amines) is 1. The predicted molar refractivity (Wildman–Crippen MR) is 82.9 cm³/mol. The summed E-state index contributed by atoms with van der Waals surface area (Å²) < 4.78 is 0. The number of carbonyl (C=O) groups is 2. The molecule has 1 aliphatic heterocycles. The van der Waals surface area contributed by atoms with Crippen LogP contribution in [0.1, 0.15) is 42.8 Å². The van der Waals surface area contributed by atoms with Crippen molar-refractivity contribution in [2.75, 3.05) is 6.54 Å². The van der Waals surface area contributed by atoms with E-state index in [9.17, 15) is 19.7 Å². The lowest BCUT2D eigenvalue weighted by Crippen LogP contribution is -2.51. The third kappa shape index (κ3) is 3.62. The minimum atomic E-state index is -0.644. The van der Waals surface area contributed by atoms with Crippen LogP contribution in [-0.4, -0.2) is 40.3 Å². The molecule has 1 aromatic rings. The molecule has 1 fully saturated rings. The van der Waals surface area contributed by atoms with E-state index in [1.165, 1.54) is 12.1 Å². The lowest BCUT2D eigenvalue weighted by atomic mass is 10.0. The van der Waals surface area contributed by atoms with E-state index in [0.29, 0.717) is 6.54 Å². The Balaban J connectivity index is 1.97. The van der Waals surface area contributed by atoms with Gasteiger partial charge < -0.3 is 10.2 Å². The zero-order chi connectivity index (χ0) is 16.3. The highest BCUT2D eigenvalue weighted by Crippen LogP contribution is 2.24. The Labute approximate surface area is 132 Å².